The molecule has 1 atom stereocenters. The zero-order chi connectivity index (χ0) is 15.4. The number of halogens is 2. The summed E-state index contributed by atoms with van der Waals surface area (Å²) in [6, 6.07) is 10.0. The Balaban J connectivity index is 2.02. The van der Waals surface area contributed by atoms with Gasteiger partial charge in [-0.05, 0) is 36.4 Å². The smallest absolute Gasteiger partial charge is 0.237 e. The van der Waals surface area contributed by atoms with Crippen molar-refractivity contribution in [3.63, 3.8) is 0 Å². The lowest BCUT2D eigenvalue weighted by atomic mass is 10.3. The standard InChI is InChI=1S/C14H12ClFN2O2S/c15-12-7-11(4-5-13(12)17)21(20)8-14(19)18-10-3-1-2-9(16)6-10/h1-7H,8,17H2,(H,18,19). The maximum absolute atomic E-state index is 13.0. The molecule has 0 fully saturated rings. The molecule has 21 heavy (non-hydrogen) atoms. The average molecular weight is 327 g/mol. The van der Waals surface area contributed by atoms with Crippen LogP contribution in [0.1, 0.15) is 0 Å². The van der Waals surface area contributed by atoms with Crippen molar-refractivity contribution in [2.45, 2.75) is 4.90 Å². The molecular weight excluding hydrogens is 315 g/mol. The minimum atomic E-state index is -1.56. The predicted octanol–water partition coefficient (Wildman–Crippen LogP) is 2.81. The fourth-order valence-electron chi connectivity index (χ4n) is 1.62. The number of rotatable bonds is 4. The number of carbonyl (C=O) groups is 1. The summed E-state index contributed by atoms with van der Waals surface area (Å²) in [6.07, 6.45) is 0. The molecule has 3 N–H and O–H groups in total. The number of hydrogen-bond donors (Lipinski definition) is 2. The first kappa shape index (κ1) is 15.5. The summed E-state index contributed by atoms with van der Waals surface area (Å²) >= 11 is 5.84. The van der Waals surface area contributed by atoms with Crippen LogP contribution >= 0.6 is 11.6 Å². The first-order valence-electron chi connectivity index (χ1n) is 5.94. The van der Waals surface area contributed by atoms with E-state index >= 15 is 0 Å². The molecule has 0 aliphatic rings. The number of nitrogen functional groups attached to an aromatic ring is 1. The van der Waals surface area contributed by atoms with Crippen LogP contribution in [0.3, 0.4) is 0 Å². The Morgan fingerprint density at radius 2 is 2.05 bits per heavy atom. The van der Waals surface area contributed by atoms with E-state index in [9.17, 15) is 13.4 Å². The zero-order valence-electron chi connectivity index (χ0n) is 10.8. The minimum absolute atomic E-state index is 0.253. The molecule has 2 aromatic carbocycles. The van der Waals surface area contributed by atoms with E-state index in [-0.39, 0.29) is 10.8 Å². The zero-order valence-corrected chi connectivity index (χ0v) is 12.4. The number of carbonyl (C=O) groups excluding carboxylic acids is 1. The molecule has 7 heteroatoms. The Labute approximate surface area is 128 Å². The van der Waals surface area contributed by atoms with Crippen LogP contribution < -0.4 is 11.1 Å². The predicted molar refractivity (Wildman–Crippen MR) is 82.2 cm³/mol. The summed E-state index contributed by atoms with van der Waals surface area (Å²) < 4.78 is 25.0. The minimum Gasteiger partial charge on any atom is -0.398 e. The summed E-state index contributed by atoms with van der Waals surface area (Å²) in [4.78, 5) is 12.2. The van der Waals surface area contributed by atoms with Gasteiger partial charge in [-0.1, -0.05) is 17.7 Å². The van der Waals surface area contributed by atoms with Gasteiger partial charge in [-0.15, -0.1) is 0 Å². The topological polar surface area (TPSA) is 72.2 Å². The van der Waals surface area contributed by atoms with E-state index in [4.69, 9.17) is 17.3 Å². The number of hydrogen-bond acceptors (Lipinski definition) is 3. The van der Waals surface area contributed by atoms with Crippen LogP contribution in [-0.4, -0.2) is 15.9 Å². The molecule has 0 aromatic heterocycles. The molecule has 0 radical (unpaired) electrons. The van der Waals surface area contributed by atoms with Crippen molar-refractivity contribution in [1.29, 1.82) is 0 Å². The average Bonchev–Trinajstić information content (AvgIpc) is 2.41. The van der Waals surface area contributed by atoms with Crippen LogP contribution in [0.15, 0.2) is 47.4 Å². The van der Waals surface area contributed by atoms with E-state index in [2.05, 4.69) is 5.32 Å². The summed E-state index contributed by atoms with van der Waals surface area (Å²) in [5, 5.41) is 2.76. The maximum atomic E-state index is 13.0. The van der Waals surface area contributed by atoms with Crippen LogP contribution in [0, 0.1) is 5.82 Å². The fourth-order valence-corrected chi connectivity index (χ4v) is 2.81. The second kappa shape index (κ2) is 6.69. The van der Waals surface area contributed by atoms with E-state index in [1.165, 1.54) is 30.3 Å². The maximum Gasteiger partial charge on any atom is 0.237 e. The van der Waals surface area contributed by atoms with Crippen molar-refractivity contribution < 1.29 is 13.4 Å². The van der Waals surface area contributed by atoms with Crippen LogP contribution in [0.4, 0.5) is 15.8 Å². The van der Waals surface area contributed by atoms with E-state index in [1.54, 1.807) is 12.1 Å². The third kappa shape index (κ3) is 4.27. The molecule has 0 aliphatic carbocycles. The molecule has 4 nitrogen and oxygen atoms in total. The number of benzene rings is 2. The third-order valence-electron chi connectivity index (χ3n) is 2.61. The molecular formula is C14H12ClFN2O2S. The van der Waals surface area contributed by atoms with Gasteiger partial charge in [0, 0.05) is 10.6 Å². The van der Waals surface area contributed by atoms with Crippen molar-refractivity contribution in [3.05, 3.63) is 53.3 Å². The first-order valence-corrected chi connectivity index (χ1v) is 7.64. The molecule has 0 aliphatic heterocycles. The van der Waals surface area contributed by atoms with E-state index in [0.717, 1.165) is 0 Å². The highest BCUT2D eigenvalue weighted by atomic mass is 35.5. The Morgan fingerprint density at radius 1 is 1.29 bits per heavy atom. The Hall–Kier alpha value is -1.92. The van der Waals surface area contributed by atoms with Crippen LogP contribution in [0.5, 0.6) is 0 Å². The quantitative estimate of drug-likeness (QED) is 0.849. The van der Waals surface area contributed by atoms with E-state index in [0.29, 0.717) is 16.3 Å². The molecule has 1 amide bonds. The number of nitrogens with two attached hydrogens (primary N) is 1. The summed E-state index contributed by atoms with van der Waals surface area (Å²) in [7, 11) is -1.56. The van der Waals surface area contributed by atoms with Crippen LogP contribution in [0.2, 0.25) is 5.02 Å². The lowest BCUT2D eigenvalue weighted by Crippen LogP contribution is -2.19. The Morgan fingerprint density at radius 3 is 2.71 bits per heavy atom. The lowest BCUT2D eigenvalue weighted by Gasteiger charge is -2.06. The molecule has 0 saturated heterocycles. The van der Waals surface area contributed by atoms with Gasteiger partial charge in [-0.2, -0.15) is 0 Å². The van der Waals surface area contributed by atoms with Crippen molar-refractivity contribution >= 4 is 39.7 Å². The van der Waals surface area contributed by atoms with Crippen LogP contribution in [-0.2, 0) is 15.6 Å². The van der Waals surface area contributed by atoms with Gasteiger partial charge < -0.3 is 11.1 Å². The number of nitrogens with one attached hydrogen (secondary N) is 1. The molecule has 1 unspecified atom stereocenters. The highest BCUT2D eigenvalue weighted by Gasteiger charge is 2.12. The molecule has 0 saturated carbocycles. The molecule has 2 aromatic rings. The molecule has 2 rings (SSSR count). The molecule has 110 valence electrons. The van der Waals surface area contributed by atoms with Gasteiger partial charge in [0.25, 0.3) is 0 Å². The monoisotopic (exact) mass is 326 g/mol. The van der Waals surface area contributed by atoms with E-state index in [1.807, 2.05) is 0 Å². The van der Waals surface area contributed by atoms with E-state index < -0.39 is 22.5 Å². The van der Waals surface area contributed by atoms with Gasteiger partial charge in [0.05, 0.1) is 21.5 Å². The van der Waals surface area contributed by atoms with Gasteiger partial charge in [0.15, 0.2) is 0 Å². The van der Waals surface area contributed by atoms with Gasteiger partial charge in [-0.25, -0.2) is 4.39 Å². The van der Waals surface area contributed by atoms with Crippen molar-refractivity contribution in [1.82, 2.24) is 0 Å². The fraction of sp³-hybridized carbons (Fsp3) is 0.0714. The highest BCUT2D eigenvalue weighted by Crippen LogP contribution is 2.21. The summed E-state index contributed by atoms with van der Waals surface area (Å²) in [6.45, 7) is 0. The van der Waals surface area contributed by atoms with Gasteiger partial charge >= 0.3 is 0 Å². The second-order valence-corrected chi connectivity index (χ2v) is 6.09. The SMILES string of the molecule is Nc1ccc(S(=O)CC(=O)Nc2cccc(F)c2)cc1Cl. The van der Waals surface area contributed by atoms with Crippen LogP contribution in [0.25, 0.3) is 0 Å². The van der Waals surface area contributed by atoms with Gasteiger partial charge in [0.2, 0.25) is 5.91 Å². The van der Waals surface area contributed by atoms with Gasteiger partial charge in [0.1, 0.15) is 11.6 Å². The number of amides is 1. The first-order chi connectivity index (χ1) is 9.95. The highest BCUT2D eigenvalue weighted by molar-refractivity contribution is 7.85. The normalized spacial score (nSPS) is 11.9. The Bertz CT molecular complexity index is 709. The lowest BCUT2D eigenvalue weighted by molar-refractivity contribution is -0.113. The van der Waals surface area contributed by atoms with Gasteiger partial charge in [-0.3, -0.25) is 9.00 Å². The summed E-state index contributed by atoms with van der Waals surface area (Å²) in [5.41, 5.74) is 6.25. The largest absolute Gasteiger partial charge is 0.398 e. The third-order valence-corrected chi connectivity index (χ3v) is 4.24. The molecule has 0 heterocycles. The van der Waals surface area contributed by atoms with Crippen molar-refractivity contribution in [2.75, 3.05) is 16.8 Å². The second-order valence-electron chi connectivity index (χ2n) is 4.23. The van der Waals surface area contributed by atoms with Crippen molar-refractivity contribution in [3.8, 4) is 0 Å². The summed E-state index contributed by atoms with van der Waals surface area (Å²) in [5.74, 6) is -1.19. The molecule has 0 bridgehead atoms. The van der Waals surface area contributed by atoms with Crippen molar-refractivity contribution in [2.24, 2.45) is 0 Å². The number of anilines is 2. The Kier molecular flexibility index (Phi) is 4.93. The molecule has 0 spiro atoms.